The van der Waals surface area contributed by atoms with Crippen molar-refractivity contribution in [2.45, 2.75) is 18.5 Å². The predicted octanol–water partition coefficient (Wildman–Crippen LogP) is 4.49. The Labute approximate surface area is 176 Å². The first-order valence-corrected chi connectivity index (χ1v) is 10.6. The topological polar surface area (TPSA) is 74.8 Å². The van der Waals surface area contributed by atoms with Crippen molar-refractivity contribution in [2.75, 3.05) is 12.3 Å². The van der Waals surface area contributed by atoms with Gasteiger partial charge in [0.1, 0.15) is 0 Å². The van der Waals surface area contributed by atoms with E-state index in [1.807, 2.05) is 48.5 Å². The molecule has 7 heteroatoms. The van der Waals surface area contributed by atoms with Gasteiger partial charge in [0, 0.05) is 23.5 Å². The average molecular weight is 458 g/mol. The molecule has 1 aromatic heterocycles. The molecule has 0 saturated heterocycles. The molecule has 0 bridgehead atoms. The molecule has 144 valence electrons. The van der Waals surface area contributed by atoms with E-state index in [0.717, 1.165) is 32.9 Å². The van der Waals surface area contributed by atoms with E-state index in [9.17, 15) is 9.59 Å². The number of nitrogens with zero attached hydrogens (tertiary/aromatic N) is 1. The zero-order valence-corrected chi connectivity index (χ0v) is 17.8. The van der Waals surface area contributed by atoms with Crippen molar-refractivity contribution >= 4 is 39.4 Å². The van der Waals surface area contributed by atoms with Crippen LogP contribution >= 0.6 is 27.7 Å². The fourth-order valence-corrected chi connectivity index (χ4v) is 3.62. The number of hydrogen-bond acceptors (Lipinski definition) is 4. The van der Waals surface area contributed by atoms with Crippen LogP contribution in [0.3, 0.4) is 0 Å². The Hall–Kier alpha value is -2.38. The summed E-state index contributed by atoms with van der Waals surface area (Å²) in [5.41, 5.74) is 3.73. The quantitative estimate of drug-likeness (QED) is 0.385. The third-order valence-electron chi connectivity index (χ3n) is 4.11. The molecule has 3 aromatic rings. The molecule has 28 heavy (non-hydrogen) atoms. The van der Waals surface area contributed by atoms with Crippen LogP contribution in [0.1, 0.15) is 22.8 Å². The van der Waals surface area contributed by atoms with E-state index in [2.05, 4.69) is 31.2 Å². The van der Waals surface area contributed by atoms with Crippen molar-refractivity contribution in [3.05, 3.63) is 70.3 Å². The van der Waals surface area contributed by atoms with Gasteiger partial charge in [0.25, 0.3) is 0 Å². The number of benzene rings is 2. The third kappa shape index (κ3) is 5.81. The molecule has 0 spiro atoms. The highest BCUT2D eigenvalue weighted by atomic mass is 79.9. The van der Waals surface area contributed by atoms with Crippen molar-refractivity contribution in [2.24, 2.45) is 0 Å². The molecular formula is C21H20BrN3O2S. The highest BCUT2D eigenvalue weighted by molar-refractivity contribution is 9.10. The summed E-state index contributed by atoms with van der Waals surface area (Å²) in [4.78, 5) is 30.9. The normalized spacial score (nSPS) is 10.6. The van der Waals surface area contributed by atoms with Crippen molar-refractivity contribution < 1.29 is 9.59 Å². The molecule has 2 aromatic carbocycles. The van der Waals surface area contributed by atoms with Gasteiger partial charge >= 0.3 is 0 Å². The van der Waals surface area contributed by atoms with Crippen molar-refractivity contribution in [1.29, 1.82) is 0 Å². The minimum Gasteiger partial charge on any atom is -0.356 e. The molecule has 3 rings (SSSR count). The molecule has 0 aliphatic rings. The Balaban J connectivity index is 1.52. The molecule has 0 atom stereocenters. The molecule has 0 aliphatic carbocycles. The fourth-order valence-electron chi connectivity index (χ4n) is 2.61. The van der Waals surface area contributed by atoms with E-state index in [1.165, 1.54) is 18.7 Å². The number of rotatable bonds is 8. The number of amides is 1. The van der Waals surface area contributed by atoms with Crippen LogP contribution in [0.15, 0.2) is 64.4 Å². The SMILES string of the molecule is CC(=O)NCCc1ccc(C(=O)CSc2ncc(-c3ccc(Br)cc3)[nH]2)cc1. The molecular weight excluding hydrogens is 438 g/mol. The standard InChI is InChI=1S/C21H20BrN3O2S/c1-14(26)23-11-10-15-2-4-17(5-3-15)20(27)13-28-21-24-12-19(25-21)16-6-8-18(22)9-7-16/h2-9,12H,10-11,13H2,1H3,(H,23,26)(H,24,25). The van der Waals surface area contributed by atoms with Crippen molar-refractivity contribution in [1.82, 2.24) is 15.3 Å². The second-order valence-electron chi connectivity index (χ2n) is 6.25. The lowest BCUT2D eigenvalue weighted by Gasteiger charge is -2.04. The number of nitrogens with one attached hydrogen (secondary N) is 2. The lowest BCUT2D eigenvalue weighted by atomic mass is 10.1. The summed E-state index contributed by atoms with van der Waals surface area (Å²) in [5.74, 6) is 0.337. The summed E-state index contributed by atoms with van der Waals surface area (Å²) in [6.07, 6.45) is 2.52. The summed E-state index contributed by atoms with van der Waals surface area (Å²) in [5, 5.41) is 3.48. The van der Waals surface area contributed by atoms with Crippen LogP contribution in [0.25, 0.3) is 11.3 Å². The Morgan fingerprint density at radius 2 is 1.82 bits per heavy atom. The Kier molecular flexibility index (Phi) is 7.06. The number of ketones is 1. The van der Waals surface area contributed by atoms with Gasteiger partial charge in [0.15, 0.2) is 10.9 Å². The number of H-pyrrole nitrogens is 1. The van der Waals surface area contributed by atoms with Crippen LogP contribution < -0.4 is 5.32 Å². The largest absolute Gasteiger partial charge is 0.356 e. The molecule has 0 radical (unpaired) electrons. The van der Waals surface area contributed by atoms with E-state index in [4.69, 9.17) is 0 Å². The number of thioether (sulfide) groups is 1. The summed E-state index contributed by atoms with van der Waals surface area (Å²) < 4.78 is 1.03. The van der Waals surface area contributed by atoms with Gasteiger partial charge in [-0.2, -0.15) is 0 Å². The minimum absolute atomic E-state index is 0.0370. The second kappa shape index (κ2) is 9.71. The van der Waals surface area contributed by atoms with E-state index in [0.29, 0.717) is 17.9 Å². The van der Waals surface area contributed by atoms with Crippen LogP contribution in [-0.2, 0) is 11.2 Å². The number of halogens is 1. The number of aromatic amines is 1. The van der Waals surface area contributed by atoms with Crippen LogP contribution in [0.5, 0.6) is 0 Å². The molecule has 0 aliphatic heterocycles. The highest BCUT2D eigenvalue weighted by Gasteiger charge is 2.10. The Bertz CT molecular complexity index is 953. The summed E-state index contributed by atoms with van der Waals surface area (Å²) in [7, 11) is 0. The van der Waals surface area contributed by atoms with Gasteiger partial charge in [-0.15, -0.1) is 0 Å². The van der Waals surface area contributed by atoms with E-state index in [1.54, 1.807) is 6.20 Å². The average Bonchev–Trinajstić information content (AvgIpc) is 3.16. The van der Waals surface area contributed by atoms with Crippen LogP contribution in [0.4, 0.5) is 0 Å². The minimum atomic E-state index is -0.0370. The number of hydrogen-bond donors (Lipinski definition) is 2. The maximum Gasteiger partial charge on any atom is 0.216 e. The van der Waals surface area contributed by atoms with Crippen LogP contribution in [0, 0.1) is 0 Å². The van der Waals surface area contributed by atoms with Gasteiger partial charge in [-0.1, -0.05) is 64.1 Å². The second-order valence-corrected chi connectivity index (χ2v) is 8.13. The van der Waals surface area contributed by atoms with Gasteiger partial charge in [0.05, 0.1) is 17.6 Å². The highest BCUT2D eigenvalue weighted by Crippen LogP contribution is 2.23. The lowest BCUT2D eigenvalue weighted by molar-refractivity contribution is -0.118. The lowest BCUT2D eigenvalue weighted by Crippen LogP contribution is -2.22. The zero-order valence-electron chi connectivity index (χ0n) is 15.4. The number of carbonyl (C=O) groups excluding carboxylic acids is 2. The molecule has 0 unspecified atom stereocenters. The summed E-state index contributed by atoms with van der Waals surface area (Å²) >= 11 is 4.81. The first-order valence-electron chi connectivity index (χ1n) is 8.81. The van der Waals surface area contributed by atoms with Crippen LogP contribution in [-0.4, -0.2) is 34.0 Å². The van der Waals surface area contributed by atoms with Gasteiger partial charge in [-0.05, 0) is 29.7 Å². The number of aromatic nitrogens is 2. The van der Waals surface area contributed by atoms with Gasteiger partial charge in [-0.25, -0.2) is 4.98 Å². The fraction of sp³-hybridized carbons (Fsp3) is 0.190. The molecule has 2 N–H and O–H groups in total. The maximum atomic E-state index is 12.4. The third-order valence-corrected chi connectivity index (χ3v) is 5.53. The molecule has 1 amide bonds. The summed E-state index contributed by atoms with van der Waals surface area (Å²) in [6, 6.07) is 15.5. The van der Waals surface area contributed by atoms with Gasteiger partial charge < -0.3 is 10.3 Å². The Morgan fingerprint density at radius 1 is 1.11 bits per heavy atom. The molecule has 0 fully saturated rings. The monoisotopic (exact) mass is 457 g/mol. The zero-order chi connectivity index (χ0) is 19.9. The number of carbonyl (C=O) groups is 2. The van der Waals surface area contributed by atoms with Crippen molar-refractivity contribution in [3.63, 3.8) is 0 Å². The number of Topliss-reactive ketones (excluding diaryl/α,β-unsaturated/α-hetero) is 1. The van der Waals surface area contributed by atoms with E-state index < -0.39 is 0 Å². The molecule has 0 saturated carbocycles. The first kappa shape index (κ1) is 20.4. The number of imidazole rings is 1. The Morgan fingerprint density at radius 3 is 2.50 bits per heavy atom. The molecule has 5 nitrogen and oxygen atoms in total. The maximum absolute atomic E-state index is 12.4. The summed E-state index contributed by atoms with van der Waals surface area (Å²) in [6.45, 7) is 2.10. The smallest absolute Gasteiger partial charge is 0.216 e. The van der Waals surface area contributed by atoms with Crippen molar-refractivity contribution in [3.8, 4) is 11.3 Å². The predicted molar refractivity (Wildman–Crippen MR) is 116 cm³/mol. The first-order chi connectivity index (χ1) is 13.5. The van der Waals surface area contributed by atoms with E-state index in [-0.39, 0.29) is 11.7 Å². The van der Waals surface area contributed by atoms with Gasteiger partial charge in [0.2, 0.25) is 5.91 Å². The van der Waals surface area contributed by atoms with E-state index >= 15 is 0 Å². The van der Waals surface area contributed by atoms with Gasteiger partial charge in [-0.3, -0.25) is 9.59 Å². The molecule has 1 heterocycles. The van der Waals surface area contributed by atoms with Crippen LogP contribution in [0.2, 0.25) is 0 Å².